The lowest BCUT2D eigenvalue weighted by Crippen LogP contribution is -2.51. The first-order valence-electron chi connectivity index (χ1n) is 9.69. The average Bonchev–Trinajstić information content (AvgIpc) is 2.99. The van der Waals surface area contributed by atoms with Crippen LogP contribution in [0.3, 0.4) is 0 Å². The predicted octanol–water partition coefficient (Wildman–Crippen LogP) is 4.49. The molecule has 0 aromatic heterocycles. The maximum absolute atomic E-state index is 5.61. The Morgan fingerprint density at radius 2 is 1.88 bits per heavy atom. The van der Waals surface area contributed by atoms with Crippen LogP contribution in [0.1, 0.15) is 50.5 Å². The van der Waals surface area contributed by atoms with E-state index in [9.17, 15) is 0 Å². The molecule has 1 saturated carbocycles. The van der Waals surface area contributed by atoms with Crippen LogP contribution in [0.15, 0.2) is 18.2 Å². The van der Waals surface area contributed by atoms with Crippen LogP contribution >= 0.6 is 11.8 Å². The number of nitrogens with zero attached hydrogens (tertiary/aromatic N) is 1. The Hall–Kier alpha value is -0.870. The molecule has 3 fully saturated rings. The van der Waals surface area contributed by atoms with Crippen molar-refractivity contribution in [2.45, 2.75) is 61.1 Å². The lowest BCUT2D eigenvalue weighted by molar-refractivity contribution is 0.148. The zero-order chi connectivity index (χ0) is 17.5. The minimum Gasteiger partial charge on any atom is -0.493 e. The largest absolute Gasteiger partial charge is 0.493 e. The number of ether oxygens (including phenoxy) is 2. The van der Waals surface area contributed by atoms with Crippen molar-refractivity contribution in [3.05, 3.63) is 23.8 Å². The van der Waals surface area contributed by atoms with E-state index in [0.29, 0.717) is 10.8 Å². The quantitative estimate of drug-likeness (QED) is 0.791. The molecule has 1 aromatic rings. The summed E-state index contributed by atoms with van der Waals surface area (Å²) in [4.78, 5) is 2.63. The number of fused-ring (bicyclic) bond motifs is 1. The summed E-state index contributed by atoms with van der Waals surface area (Å²) in [6, 6.07) is 7.29. The fourth-order valence-corrected chi connectivity index (χ4v) is 7.16. The Balaban J connectivity index is 1.68. The molecule has 4 heteroatoms. The van der Waals surface area contributed by atoms with E-state index in [1.807, 2.05) is 0 Å². The minimum absolute atomic E-state index is 0.289. The van der Waals surface area contributed by atoms with Gasteiger partial charge in [0.1, 0.15) is 0 Å². The molecule has 0 amide bonds. The smallest absolute Gasteiger partial charge is 0.161 e. The van der Waals surface area contributed by atoms with Gasteiger partial charge in [-0.05, 0) is 75.6 Å². The van der Waals surface area contributed by atoms with Gasteiger partial charge in [-0.25, -0.2) is 0 Å². The Morgan fingerprint density at radius 3 is 2.60 bits per heavy atom. The number of rotatable bonds is 3. The van der Waals surface area contributed by atoms with Gasteiger partial charge in [0.2, 0.25) is 0 Å². The van der Waals surface area contributed by atoms with Crippen LogP contribution < -0.4 is 9.47 Å². The van der Waals surface area contributed by atoms with Crippen molar-refractivity contribution in [2.75, 3.05) is 33.6 Å². The Kier molecular flexibility index (Phi) is 4.70. The van der Waals surface area contributed by atoms with Crippen LogP contribution in [0.2, 0.25) is 0 Å². The topological polar surface area (TPSA) is 21.7 Å². The van der Waals surface area contributed by atoms with Crippen molar-refractivity contribution in [1.29, 1.82) is 0 Å². The number of hydrogen-bond donors (Lipinski definition) is 0. The van der Waals surface area contributed by atoms with Crippen LogP contribution in [-0.2, 0) is 5.41 Å². The summed E-state index contributed by atoms with van der Waals surface area (Å²) in [6.07, 6.45) is 9.55. The molecule has 3 unspecified atom stereocenters. The molecule has 25 heavy (non-hydrogen) atoms. The number of hydrogen-bond acceptors (Lipinski definition) is 4. The average molecular weight is 362 g/mol. The van der Waals surface area contributed by atoms with Crippen LogP contribution in [-0.4, -0.2) is 49.3 Å². The van der Waals surface area contributed by atoms with Gasteiger partial charge in [-0.2, -0.15) is 11.8 Å². The zero-order valence-electron chi connectivity index (χ0n) is 15.8. The molecule has 3 aliphatic rings. The molecule has 138 valence electrons. The van der Waals surface area contributed by atoms with Crippen LogP contribution in [0.5, 0.6) is 11.5 Å². The van der Waals surface area contributed by atoms with Gasteiger partial charge >= 0.3 is 0 Å². The Bertz CT molecular complexity index is 628. The van der Waals surface area contributed by atoms with Gasteiger partial charge in [0, 0.05) is 16.2 Å². The van der Waals surface area contributed by atoms with Crippen molar-refractivity contribution in [3.63, 3.8) is 0 Å². The molecule has 0 radical (unpaired) electrons. The number of thioether (sulfide) groups is 1. The fourth-order valence-electron chi connectivity index (χ4n) is 5.56. The second kappa shape index (κ2) is 6.70. The molecule has 2 heterocycles. The van der Waals surface area contributed by atoms with E-state index >= 15 is 0 Å². The molecule has 1 aliphatic carbocycles. The van der Waals surface area contributed by atoms with Gasteiger partial charge < -0.3 is 14.4 Å². The summed E-state index contributed by atoms with van der Waals surface area (Å²) >= 11 is 2.27. The fraction of sp³-hybridized carbons (Fsp3) is 0.714. The van der Waals surface area contributed by atoms with E-state index in [1.165, 1.54) is 62.8 Å². The first kappa shape index (κ1) is 17.5. The molecular formula is C21H31NO2S. The van der Waals surface area contributed by atoms with Gasteiger partial charge in [-0.1, -0.05) is 12.5 Å². The maximum Gasteiger partial charge on any atom is 0.161 e. The highest BCUT2D eigenvalue weighted by Gasteiger charge is 2.54. The summed E-state index contributed by atoms with van der Waals surface area (Å²) in [7, 11) is 5.79. The minimum atomic E-state index is 0.289. The first-order chi connectivity index (χ1) is 12.1. The highest BCUT2D eigenvalue weighted by Crippen LogP contribution is 2.57. The Morgan fingerprint density at radius 1 is 1.04 bits per heavy atom. The molecular weight excluding hydrogens is 330 g/mol. The van der Waals surface area contributed by atoms with Gasteiger partial charge in [-0.15, -0.1) is 0 Å². The first-order valence-corrected chi connectivity index (χ1v) is 10.7. The molecule has 2 aliphatic heterocycles. The summed E-state index contributed by atoms with van der Waals surface area (Å²) < 4.78 is 11.6. The number of methoxy groups -OCH3 is 2. The standard InChI is InChI=1S/C21H31NO2S/c1-22-12-11-21(16-6-7-17(23-2)18(14-16)24-3)10-9-20(15-19(21)22)8-4-5-13-25-20/h6-7,14,19H,4-5,8-13,15H2,1-3H3. The number of benzene rings is 1. The van der Waals surface area contributed by atoms with Gasteiger partial charge in [0.25, 0.3) is 0 Å². The van der Waals surface area contributed by atoms with Crippen molar-refractivity contribution in [1.82, 2.24) is 4.90 Å². The summed E-state index contributed by atoms with van der Waals surface area (Å²) in [5.41, 5.74) is 1.74. The Labute approximate surface area is 156 Å². The molecule has 1 aromatic carbocycles. The maximum atomic E-state index is 5.61. The normalized spacial score (nSPS) is 35.6. The number of likely N-dealkylation sites (N-methyl/N-ethyl adjacent to an activating group) is 1. The highest BCUT2D eigenvalue weighted by atomic mass is 32.2. The van der Waals surface area contributed by atoms with E-state index in [0.717, 1.165) is 11.5 Å². The third kappa shape index (κ3) is 2.86. The van der Waals surface area contributed by atoms with E-state index in [-0.39, 0.29) is 5.41 Å². The monoisotopic (exact) mass is 361 g/mol. The lowest BCUT2D eigenvalue weighted by Gasteiger charge is -2.51. The third-order valence-corrected chi connectivity index (χ3v) is 8.75. The summed E-state index contributed by atoms with van der Waals surface area (Å²) in [6.45, 7) is 1.21. The predicted molar refractivity (Wildman–Crippen MR) is 105 cm³/mol. The second-order valence-electron chi connectivity index (χ2n) is 8.17. The molecule has 2 saturated heterocycles. The van der Waals surface area contributed by atoms with Crippen LogP contribution in [0, 0.1) is 0 Å². The molecule has 0 N–H and O–H groups in total. The van der Waals surface area contributed by atoms with Crippen molar-refractivity contribution >= 4 is 11.8 Å². The van der Waals surface area contributed by atoms with E-state index in [4.69, 9.17) is 9.47 Å². The zero-order valence-corrected chi connectivity index (χ0v) is 16.7. The summed E-state index contributed by atoms with van der Waals surface area (Å²) in [5, 5.41) is 0. The van der Waals surface area contributed by atoms with Crippen LogP contribution in [0.4, 0.5) is 0 Å². The van der Waals surface area contributed by atoms with E-state index < -0.39 is 0 Å². The van der Waals surface area contributed by atoms with Gasteiger partial charge in [0.15, 0.2) is 11.5 Å². The molecule has 4 rings (SSSR count). The lowest BCUT2D eigenvalue weighted by atomic mass is 9.62. The highest BCUT2D eigenvalue weighted by molar-refractivity contribution is 8.00. The molecule has 0 bridgehead atoms. The second-order valence-corrected chi connectivity index (χ2v) is 9.73. The number of likely N-dealkylation sites (tertiary alicyclic amines) is 1. The van der Waals surface area contributed by atoms with E-state index in [2.05, 4.69) is 41.9 Å². The molecule has 1 spiro atoms. The third-order valence-electron chi connectivity index (χ3n) is 7.07. The molecule has 3 atom stereocenters. The van der Waals surface area contributed by atoms with Crippen molar-refractivity contribution in [3.8, 4) is 11.5 Å². The van der Waals surface area contributed by atoms with Gasteiger partial charge in [0.05, 0.1) is 14.2 Å². The van der Waals surface area contributed by atoms with Gasteiger partial charge in [-0.3, -0.25) is 0 Å². The molecule has 3 nitrogen and oxygen atoms in total. The van der Waals surface area contributed by atoms with Crippen LogP contribution in [0.25, 0.3) is 0 Å². The summed E-state index contributed by atoms with van der Waals surface area (Å²) in [5.74, 6) is 3.07. The van der Waals surface area contributed by atoms with Crippen molar-refractivity contribution < 1.29 is 9.47 Å². The van der Waals surface area contributed by atoms with E-state index in [1.54, 1.807) is 14.2 Å². The van der Waals surface area contributed by atoms with Crippen molar-refractivity contribution in [2.24, 2.45) is 0 Å². The SMILES string of the molecule is COc1ccc(C23CCN(C)C2CC2(CCCCS2)CC3)cc1OC.